The number of ether oxygens (including phenoxy) is 1. The van der Waals surface area contributed by atoms with Crippen LogP contribution in [0.1, 0.15) is 48.6 Å². The Bertz CT molecular complexity index is 890. The molecule has 1 aliphatic rings. The Hall–Kier alpha value is -2.97. The number of carboxylic acids is 1. The monoisotopic (exact) mass is 441 g/mol. The van der Waals surface area contributed by atoms with E-state index in [4.69, 9.17) is 4.74 Å². The summed E-state index contributed by atoms with van der Waals surface area (Å²) in [5.74, 6) is -0.894. The summed E-state index contributed by atoms with van der Waals surface area (Å²) in [6.45, 7) is 1.69. The number of hydrogen-bond acceptors (Lipinski definition) is 6. The number of unbranched alkanes of at least 4 members (excludes halogenated alkanes) is 1. The van der Waals surface area contributed by atoms with Crippen LogP contribution in [0, 0.1) is 0 Å². The predicted octanol–water partition coefficient (Wildman–Crippen LogP) is 2.47. The lowest BCUT2D eigenvalue weighted by Crippen LogP contribution is -2.43. The summed E-state index contributed by atoms with van der Waals surface area (Å²) in [7, 11) is 0. The molecule has 4 N–H and O–H groups in total. The van der Waals surface area contributed by atoms with Gasteiger partial charge in [-0.1, -0.05) is 36.4 Å². The van der Waals surface area contributed by atoms with Crippen LogP contribution in [0.15, 0.2) is 42.5 Å². The maximum Gasteiger partial charge on any atom is 0.326 e. The number of amides is 1. The van der Waals surface area contributed by atoms with Crippen LogP contribution in [0.5, 0.6) is 0 Å². The molecule has 1 aromatic heterocycles. The third-order valence-electron chi connectivity index (χ3n) is 5.45. The summed E-state index contributed by atoms with van der Waals surface area (Å²) < 4.78 is 5.56. The highest BCUT2D eigenvalue weighted by Gasteiger charge is 2.24. The number of fused-ring (bicyclic) bond motifs is 1. The molecule has 1 aromatic carbocycles. The van der Waals surface area contributed by atoms with E-state index in [2.05, 4.69) is 27.8 Å². The SMILES string of the molecule is O=C(N[C@@H](CCOCCCCc1ccc2c(n1)NCCC2)C(=O)O)C(O)c1ccccc1. The van der Waals surface area contributed by atoms with Crippen molar-refractivity contribution in [3.63, 3.8) is 0 Å². The molecule has 8 heteroatoms. The third kappa shape index (κ3) is 7.03. The van der Waals surface area contributed by atoms with Gasteiger partial charge in [-0.05, 0) is 49.3 Å². The first-order valence-corrected chi connectivity index (χ1v) is 11.1. The first-order valence-electron chi connectivity index (χ1n) is 11.1. The molecular formula is C24H31N3O5. The second kappa shape index (κ2) is 12.2. The van der Waals surface area contributed by atoms with Gasteiger partial charge in [0.05, 0.1) is 0 Å². The summed E-state index contributed by atoms with van der Waals surface area (Å²) in [5, 5.41) is 25.2. The van der Waals surface area contributed by atoms with Gasteiger partial charge in [0.1, 0.15) is 11.9 Å². The number of carboxylic acid groups (broad SMARTS) is 1. The number of benzene rings is 1. The fourth-order valence-corrected chi connectivity index (χ4v) is 3.62. The van der Waals surface area contributed by atoms with Crippen molar-refractivity contribution in [2.45, 2.75) is 50.7 Å². The van der Waals surface area contributed by atoms with Crippen molar-refractivity contribution in [3.8, 4) is 0 Å². The molecule has 1 amide bonds. The van der Waals surface area contributed by atoms with Gasteiger partial charge in [-0.3, -0.25) is 4.79 Å². The topological polar surface area (TPSA) is 121 Å². The summed E-state index contributed by atoms with van der Waals surface area (Å²) in [6.07, 6.45) is 3.56. The summed E-state index contributed by atoms with van der Waals surface area (Å²) in [6, 6.07) is 11.5. The van der Waals surface area contributed by atoms with E-state index in [0.717, 1.165) is 50.2 Å². The summed E-state index contributed by atoms with van der Waals surface area (Å²) in [5.41, 5.74) is 2.75. The molecule has 8 nitrogen and oxygen atoms in total. The van der Waals surface area contributed by atoms with Crippen molar-refractivity contribution in [1.82, 2.24) is 10.3 Å². The van der Waals surface area contributed by atoms with Gasteiger partial charge in [0.15, 0.2) is 6.10 Å². The molecule has 172 valence electrons. The largest absolute Gasteiger partial charge is 0.480 e. The lowest BCUT2D eigenvalue weighted by atomic mass is 10.1. The van der Waals surface area contributed by atoms with E-state index in [-0.39, 0.29) is 13.0 Å². The molecule has 0 radical (unpaired) electrons. The Morgan fingerprint density at radius 3 is 2.72 bits per heavy atom. The van der Waals surface area contributed by atoms with Gasteiger partial charge in [-0.25, -0.2) is 9.78 Å². The fraction of sp³-hybridized carbons (Fsp3) is 0.458. The molecule has 0 fully saturated rings. The van der Waals surface area contributed by atoms with Gasteiger partial charge in [0, 0.05) is 31.9 Å². The van der Waals surface area contributed by atoms with E-state index in [0.29, 0.717) is 12.2 Å². The number of aliphatic hydroxyl groups excluding tert-OH is 1. The van der Waals surface area contributed by atoms with E-state index in [1.54, 1.807) is 30.3 Å². The highest BCUT2D eigenvalue weighted by molar-refractivity contribution is 5.86. The fourth-order valence-electron chi connectivity index (χ4n) is 3.62. The van der Waals surface area contributed by atoms with E-state index in [1.807, 2.05) is 0 Å². The average Bonchev–Trinajstić information content (AvgIpc) is 2.82. The molecule has 2 aromatic rings. The van der Waals surface area contributed by atoms with Crippen LogP contribution in [0.3, 0.4) is 0 Å². The Morgan fingerprint density at radius 1 is 1.12 bits per heavy atom. The number of rotatable bonds is 12. The van der Waals surface area contributed by atoms with Crippen molar-refractivity contribution in [2.24, 2.45) is 0 Å². The molecule has 0 spiro atoms. The summed E-state index contributed by atoms with van der Waals surface area (Å²) >= 11 is 0. The standard InChI is InChI=1S/C24H31N3O5/c28-21(17-7-2-1-3-8-17)23(29)27-20(24(30)31)13-16-32-15-5-4-10-19-12-11-18-9-6-14-25-22(18)26-19/h1-3,7-8,11-12,20-21,28H,4-6,9-10,13-16H2,(H,25,26)(H,27,29)(H,30,31)/t20-,21?/m0/s1. The van der Waals surface area contributed by atoms with Gasteiger partial charge in [0.25, 0.3) is 5.91 Å². The Kier molecular flexibility index (Phi) is 9.01. The molecule has 2 heterocycles. The Balaban J connectivity index is 1.32. The van der Waals surface area contributed by atoms with Crippen LogP contribution in [-0.2, 0) is 27.2 Å². The van der Waals surface area contributed by atoms with Crippen molar-refractivity contribution >= 4 is 17.7 Å². The third-order valence-corrected chi connectivity index (χ3v) is 5.45. The highest BCUT2D eigenvalue weighted by Crippen LogP contribution is 2.20. The van der Waals surface area contributed by atoms with Crippen molar-refractivity contribution in [3.05, 3.63) is 59.3 Å². The number of nitrogens with one attached hydrogen (secondary N) is 2. The quantitative estimate of drug-likeness (QED) is 0.373. The van der Waals surface area contributed by atoms with Gasteiger partial charge in [0.2, 0.25) is 0 Å². The van der Waals surface area contributed by atoms with Crippen LogP contribution in [0.2, 0.25) is 0 Å². The van der Waals surface area contributed by atoms with Gasteiger partial charge < -0.3 is 25.6 Å². The number of carbonyl (C=O) groups is 2. The van der Waals surface area contributed by atoms with E-state index >= 15 is 0 Å². The molecule has 2 atom stereocenters. The molecule has 0 bridgehead atoms. The number of aromatic nitrogens is 1. The molecule has 3 rings (SSSR count). The Morgan fingerprint density at radius 2 is 1.94 bits per heavy atom. The average molecular weight is 442 g/mol. The van der Waals surface area contributed by atoms with Crippen molar-refractivity contribution < 1.29 is 24.5 Å². The maximum atomic E-state index is 12.2. The molecule has 0 saturated heterocycles. The molecule has 1 aliphatic heterocycles. The van der Waals surface area contributed by atoms with Crippen molar-refractivity contribution in [2.75, 3.05) is 25.1 Å². The molecular weight excluding hydrogens is 410 g/mol. The van der Waals surface area contributed by atoms with Crippen LogP contribution in [0.4, 0.5) is 5.82 Å². The minimum atomic E-state index is -1.41. The lowest BCUT2D eigenvalue weighted by molar-refractivity contribution is -0.144. The van der Waals surface area contributed by atoms with E-state index < -0.39 is 24.0 Å². The zero-order valence-electron chi connectivity index (χ0n) is 18.1. The first-order chi connectivity index (χ1) is 15.5. The van der Waals surface area contributed by atoms with E-state index in [9.17, 15) is 19.8 Å². The number of aryl methyl sites for hydroxylation is 2. The minimum absolute atomic E-state index is 0.126. The number of carbonyl (C=O) groups excluding carboxylic acids is 1. The highest BCUT2D eigenvalue weighted by atomic mass is 16.5. The van der Waals surface area contributed by atoms with Gasteiger partial charge in [-0.15, -0.1) is 0 Å². The maximum absolute atomic E-state index is 12.2. The number of hydrogen-bond donors (Lipinski definition) is 4. The van der Waals surface area contributed by atoms with Crippen molar-refractivity contribution in [1.29, 1.82) is 0 Å². The first kappa shape index (κ1) is 23.7. The minimum Gasteiger partial charge on any atom is -0.480 e. The molecule has 0 aliphatic carbocycles. The number of anilines is 1. The second-order valence-electron chi connectivity index (χ2n) is 7.91. The lowest BCUT2D eigenvalue weighted by Gasteiger charge is -2.18. The second-order valence-corrected chi connectivity index (χ2v) is 7.91. The van der Waals surface area contributed by atoms with E-state index in [1.165, 1.54) is 5.56 Å². The number of nitrogens with zero attached hydrogens (tertiary/aromatic N) is 1. The molecule has 32 heavy (non-hydrogen) atoms. The van der Waals surface area contributed by atoms with Crippen LogP contribution < -0.4 is 10.6 Å². The predicted molar refractivity (Wildman–Crippen MR) is 120 cm³/mol. The van der Waals surface area contributed by atoms with Gasteiger partial charge in [-0.2, -0.15) is 0 Å². The molecule has 0 saturated carbocycles. The Labute approximate surface area is 188 Å². The van der Waals surface area contributed by atoms with Gasteiger partial charge >= 0.3 is 5.97 Å². The normalized spacial score (nSPS) is 14.7. The molecule has 1 unspecified atom stereocenters. The number of pyridine rings is 1. The smallest absolute Gasteiger partial charge is 0.326 e. The van der Waals surface area contributed by atoms with Crippen LogP contribution >= 0.6 is 0 Å². The zero-order valence-corrected chi connectivity index (χ0v) is 18.1. The number of aliphatic carboxylic acids is 1. The van der Waals surface area contributed by atoms with Crippen LogP contribution in [0.25, 0.3) is 0 Å². The number of aliphatic hydroxyl groups is 1. The van der Waals surface area contributed by atoms with Crippen LogP contribution in [-0.4, -0.2) is 52.9 Å². The zero-order chi connectivity index (χ0) is 22.8. The summed E-state index contributed by atoms with van der Waals surface area (Å²) in [4.78, 5) is 28.3.